The molecule has 0 radical (unpaired) electrons. The zero-order chi connectivity index (χ0) is 14.5. The monoisotopic (exact) mass is 291 g/mol. The summed E-state index contributed by atoms with van der Waals surface area (Å²) in [7, 11) is 0. The highest BCUT2D eigenvalue weighted by atomic mass is 32.2. The minimum Gasteiger partial charge on any atom is -0.385 e. The van der Waals surface area contributed by atoms with Crippen molar-refractivity contribution in [2.75, 3.05) is 23.9 Å². The second-order valence-electron chi connectivity index (χ2n) is 4.53. The van der Waals surface area contributed by atoms with Crippen LogP contribution in [0.15, 0.2) is 24.4 Å². The fraction of sp³-hybridized carbons (Fsp3) is 0.357. The van der Waals surface area contributed by atoms with Gasteiger partial charge in [-0.1, -0.05) is 0 Å². The number of hydrogen-bond donors (Lipinski definition) is 1. The van der Waals surface area contributed by atoms with Crippen LogP contribution in [0.3, 0.4) is 0 Å². The van der Waals surface area contributed by atoms with Crippen molar-refractivity contribution in [1.82, 2.24) is 4.98 Å². The van der Waals surface area contributed by atoms with Crippen LogP contribution < -0.4 is 5.32 Å². The fourth-order valence-corrected chi connectivity index (χ4v) is 2.51. The Kier molecular flexibility index (Phi) is 4.79. The molecule has 0 atom stereocenters. The molecule has 0 spiro atoms. The Morgan fingerprint density at radius 2 is 2.20 bits per heavy atom. The van der Waals surface area contributed by atoms with Crippen LogP contribution in [0.5, 0.6) is 0 Å². The molecule has 2 aromatic rings. The molecule has 5 nitrogen and oxygen atoms in total. The molecule has 0 aliphatic rings. The molecule has 1 aromatic heterocycles. The van der Waals surface area contributed by atoms with Crippen molar-refractivity contribution in [3.05, 3.63) is 40.2 Å². The van der Waals surface area contributed by atoms with Crippen molar-refractivity contribution < 1.29 is 4.92 Å². The molecule has 0 aliphatic heterocycles. The van der Waals surface area contributed by atoms with Crippen molar-refractivity contribution in [2.45, 2.75) is 13.3 Å². The maximum atomic E-state index is 11.1. The highest BCUT2D eigenvalue weighted by Gasteiger charge is 2.14. The van der Waals surface area contributed by atoms with E-state index < -0.39 is 0 Å². The van der Waals surface area contributed by atoms with Crippen LogP contribution in [0.4, 0.5) is 11.4 Å². The van der Waals surface area contributed by atoms with Gasteiger partial charge in [0.05, 0.1) is 10.3 Å². The van der Waals surface area contributed by atoms with Crippen molar-refractivity contribution in [3.63, 3.8) is 0 Å². The first-order valence-electron chi connectivity index (χ1n) is 6.40. The maximum Gasteiger partial charge on any atom is 0.278 e. The molecule has 0 fully saturated rings. The number of nitrogens with zero attached hydrogens (tertiary/aromatic N) is 2. The number of non-ortho nitro benzene ring substituents is 1. The lowest BCUT2D eigenvalue weighted by molar-refractivity contribution is -0.383. The first kappa shape index (κ1) is 14.6. The summed E-state index contributed by atoms with van der Waals surface area (Å²) in [4.78, 5) is 14.9. The minimum atomic E-state index is -0.364. The van der Waals surface area contributed by atoms with Gasteiger partial charge in [-0.05, 0) is 37.5 Å². The number of aryl methyl sites for hydroxylation is 1. The van der Waals surface area contributed by atoms with Crippen LogP contribution in [0, 0.1) is 17.0 Å². The maximum absolute atomic E-state index is 11.1. The summed E-state index contributed by atoms with van der Waals surface area (Å²) < 4.78 is 0. The van der Waals surface area contributed by atoms with E-state index in [2.05, 4.69) is 16.6 Å². The molecule has 0 saturated heterocycles. The number of anilines is 1. The minimum absolute atomic E-state index is 0.0992. The Morgan fingerprint density at radius 3 is 2.90 bits per heavy atom. The van der Waals surface area contributed by atoms with Gasteiger partial charge in [0.25, 0.3) is 5.69 Å². The number of nitrogens with one attached hydrogen (secondary N) is 1. The third-order valence-corrected chi connectivity index (χ3v) is 3.75. The summed E-state index contributed by atoms with van der Waals surface area (Å²) in [5.41, 5.74) is 1.88. The van der Waals surface area contributed by atoms with Crippen LogP contribution >= 0.6 is 11.8 Å². The van der Waals surface area contributed by atoms with Crippen molar-refractivity contribution in [1.29, 1.82) is 0 Å². The van der Waals surface area contributed by atoms with E-state index in [-0.39, 0.29) is 10.6 Å². The summed E-state index contributed by atoms with van der Waals surface area (Å²) in [6.07, 6.45) is 4.72. The Hall–Kier alpha value is -1.82. The van der Waals surface area contributed by atoms with Crippen LogP contribution in [-0.4, -0.2) is 28.5 Å². The van der Waals surface area contributed by atoms with Gasteiger partial charge >= 0.3 is 0 Å². The van der Waals surface area contributed by atoms with E-state index in [1.807, 2.05) is 24.8 Å². The zero-order valence-electron chi connectivity index (χ0n) is 11.5. The lowest BCUT2D eigenvalue weighted by Gasteiger charge is -2.10. The van der Waals surface area contributed by atoms with Gasteiger partial charge in [-0.3, -0.25) is 15.1 Å². The Bertz CT molecular complexity index is 631. The van der Waals surface area contributed by atoms with Crippen LogP contribution in [0.2, 0.25) is 0 Å². The van der Waals surface area contributed by atoms with Crippen LogP contribution in [0.1, 0.15) is 12.1 Å². The molecule has 20 heavy (non-hydrogen) atoms. The lowest BCUT2D eigenvalue weighted by atomic mass is 10.1. The number of fused-ring (bicyclic) bond motifs is 1. The van der Waals surface area contributed by atoms with Gasteiger partial charge in [-0.25, -0.2) is 0 Å². The highest BCUT2D eigenvalue weighted by Crippen LogP contribution is 2.31. The summed E-state index contributed by atoms with van der Waals surface area (Å²) in [5.74, 6) is 1.10. The van der Waals surface area contributed by atoms with Crippen molar-refractivity contribution in [2.24, 2.45) is 0 Å². The van der Waals surface area contributed by atoms with E-state index in [1.165, 1.54) is 6.07 Å². The van der Waals surface area contributed by atoms with E-state index in [4.69, 9.17) is 0 Å². The standard InChI is InChI=1S/C14H17N3O2S/c1-10-8-11-12(9-16-10)14(17(18)19)5-4-13(11)15-6-3-7-20-2/h4-5,8-9,15H,3,6-7H2,1-2H3. The molecule has 2 rings (SSSR count). The zero-order valence-corrected chi connectivity index (χ0v) is 12.4. The first-order valence-corrected chi connectivity index (χ1v) is 7.79. The van der Waals surface area contributed by atoms with Gasteiger partial charge in [-0.15, -0.1) is 0 Å². The summed E-state index contributed by atoms with van der Waals surface area (Å²) in [6.45, 7) is 2.74. The van der Waals surface area contributed by atoms with E-state index >= 15 is 0 Å². The topological polar surface area (TPSA) is 68.1 Å². The van der Waals surface area contributed by atoms with Gasteiger partial charge in [0.15, 0.2) is 0 Å². The summed E-state index contributed by atoms with van der Waals surface area (Å²) >= 11 is 1.81. The number of hydrogen-bond acceptors (Lipinski definition) is 5. The quantitative estimate of drug-likeness (QED) is 0.500. The average molecular weight is 291 g/mol. The van der Waals surface area contributed by atoms with E-state index in [0.29, 0.717) is 5.39 Å². The third kappa shape index (κ3) is 3.19. The summed E-state index contributed by atoms with van der Waals surface area (Å²) in [6, 6.07) is 5.20. The van der Waals surface area contributed by atoms with Gasteiger partial charge in [0.2, 0.25) is 0 Å². The molecule has 0 amide bonds. The van der Waals surface area contributed by atoms with E-state index in [9.17, 15) is 10.1 Å². The molecule has 6 heteroatoms. The predicted molar refractivity (Wildman–Crippen MR) is 84.6 cm³/mol. The van der Waals surface area contributed by atoms with Crippen molar-refractivity contribution >= 4 is 33.9 Å². The van der Waals surface area contributed by atoms with Crippen LogP contribution in [-0.2, 0) is 0 Å². The molecule has 0 unspecified atom stereocenters. The Balaban J connectivity index is 2.37. The lowest BCUT2D eigenvalue weighted by Crippen LogP contribution is -2.04. The second-order valence-corrected chi connectivity index (χ2v) is 5.52. The fourth-order valence-electron chi connectivity index (χ4n) is 2.08. The molecule has 0 bridgehead atoms. The number of thioether (sulfide) groups is 1. The molecule has 106 valence electrons. The molecule has 0 aliphatic carbocycles. The van der Waals surface area contributed by atoms with Gasteiger partial charge in [0, 0.05) is 35.6 Å². The van der Waals surface area contributed by atoms with Gasteiger partial charge in [0.1, 0.15) is 0 Å². The SMILES string of the molecule is CSCCCNc1ccc([N+](=O)[O-])c2cnc(C)cc12. The molecular weight excluding hydrogens is 274 g/mol. The largest absolute Gasteiger partial charge is 0.385 e. The number of nitro groups is 1. The normalized spacial score (nSPS) is 10.7. The second kappa shape index (κ2) is 6.56. The van der Waals surface area contributed by atoms with Gasteiger partial charge < -0.3 is 5.32 Å². The van der Waals surface area contributed by atoms with Crippen LogP contribution in [0.25, 0.3) is 10.8 Å². The van der Waals surface area contributed by atoms with Gasteiger partial charge in [-0.2, -0.15) is 11.8 Å². The molecule has 1 aromatic carbocycles. The van der Waals surface area contributed by atoms with Crippen molar-refractivity contribution in [3.8, 4) is 0 Å². The first-order chi connectivity index (χ1) is 9.63. The smallest absolute Gasteiger partial charge is 0.278 e. The molecular formula is C14H17N3O2S. The average Bonchev–Trinajstić information content (AvgIpc) is 2.43. The number of benzene rings is 1. The number of nitro benzene ring substituents is 1. The predicted octanol–water partition coefficient (Wildman–Crippen LogP) is 3.62. The molecule has 1 heterocycles. The Labute approximate surface area is 121 Å². The third-order valence-electron chi connectivity index (χ3n) is 3.05. The summed E-state index contributed by atoms with van der Waals surface area (Å²) in [5, 5.41) is 15.9. The number of rotatable bonds is 6. The number of aromatic nitrogens is 1. The highest BCUT2D eigenvalue weighted by molar-refractivity contribution is 7.98. The van der Waals surface area contributed by atoms with E-state index in [1.54, 1.807) is 12.3 Å². The van der Waals surface area contributed by atoms with E-state index in [0.717, 1.165) is 35.5 Å². The molecule has 1 N–H and O–H groups in total. The number of pyridine rings is 1. The Morgan fingerprint density at radius 1 is 1.40 bits per heavy atom. The molecule has 0 saturated carbocycles.